The Morgan fingerprint density at radius 1 is 1.08 bits per heavy atom. The number of amides is 3. The summed E-state index contributed by atoms with van der Waals surface area (Å²) >= 11 is 0. The fourth-order valence-corrected chi connectivity index (χ4v) is 2.29. The standard InChI is InChI=1S/C18H19F2N3O2/c1-11-2-5-15(20)9-16(11)23-18(25)22-10-13(17(21)24)8-12-3-6-14(19)7-4-12/h2-7,9,13H,8,10H2,1H3,(H2,21,24)(H2,22,23,25). The van der Waals surface area contributed by atoms with Crippen molar-refractivity contribution in [3.05, 3.63) is 65.2 Å². The summed E-state index contributed by atoms with van der Waals surface area (Å²) in [6.07, 6.45) is 0.273. The van der Waals surface area contributed by atoms with Gasteiger partial charge in [-0.2, -0.15) is 0 Å². The third-order valence-electron chi connectivity index (χ3n) is 3.75. The molecule has 2 aromatic carbocycles. The Morgan fingerprint density at radius 3 is 2.36 bits per heavy atom. The number of nitrogens with one attached hydrogen (secondary N) is 2. The lowest BCUT2D eigenvalue weighted by Gasteiger charge is -2.15. The molecular weight excluding hydrogens is 328 g/mol. The maximum absolute atomic E-state index is 13.2. The number of nitrogens with two attached hydrogens (primary N) is 1. The van der Waals surface area contributed by atoms with Gasteiger partial charge in [0.05, 0.1) is 5.92 Å². The summed E-state index contributed by atoms with van der Waals surface area (Å²) in [6, 6.07) is 9.18. The van der Waals surface area contributed by atoms with E-state index in [0.29, 0.717) is 11.3 Å². The molecule has 0 aromatic heterocycles. The summed E-state index contributed by atoms with van der Waals surface area (Å²) in [5, 5.41) is 5.07. The van der Waals surface area contributed by atoms with Gasteiger partial charge in [0.15, 0.2) is 0 Å². The molecule has 0 aliphatic rings. The highest BCUT2D eigenvalue weighted by molar-refractivity contribution is 5.90. The quantitative estimate of drug-likeness (QED) is 0.751. The molecule has 5 nitrogen and oxygen atoms in total. The van der Waals surface area contributed by atoms with Crippen molar-refractivity contribution in [1.82, 2.24) is 5.32 Å². The number of hydrogen-bond acceptors (Lipinski definition) is 2. The summed E-state index contributed by atoms with van der Waals surface area (Å²) in [5.74, 6) is -2.06. The number of hydrogen-bond donors (Lipinski definition) is 3. The highest BCUT2D eigenvalue weighted by Gasteiger charge is 2.17. The molecule has 1 atom stereocenters. The molecule has 0 aliphatic carbocycles. The van der Waals surface area contributed by atoms with E-state index in [4.69, 9.17) is 5.73 Å². The van der Waals surface area contributed by atoms with Crippen molar-refractivity contribution in [3.63, 3.8) is 0 Å². The second-order valence-corrected chi connectivity index (χ2v) is 5.72. The zero-order chi connectivity index (χ0) is 18.4. The van der Waals surface area contributed by atoms with E-state index in [1.807, 2.05) is 0 Å². The SMILES string of the molecule is Cc1ccc(F)cc1NC(=O)NCC(Cc1ccc(F)cc1)C(N)=O. The summed E-state index contributed by atoms with van der Waals surface area (Å²) in [5.41, 5.74) is 7.14. The number of rotatable bonds is 6. The van der Waals surface area contributed by atoms with Crippen molar-refractivity contribution in [1.29, 1.82) is 0 Å². The van der Waals surface area contributed by atoms with Crippen LogP contribution in [0.25, 0.3) is 0 Å². The van der Waals surface area contributed by atoms with Crippen LogP contribution < -0.4 is 16.4 Å². The van der Waals surface area contributed by atoms with Gasteiger partial charge in [0.25, 0.3) is 0 Å². The predicted octanol–water partition coefficient (Wildman–Crippen LogP) is 2.74. The average molecular weight is 347 g/mol. The lowest BCUT2D eigenvalue weighted by molar-refractivity contribution is -0.121. The summed E-state index contributed by atoms with van der Waals surface area (Å²) in [6.45, 7) is 1.74. The zero-order valence-electron chi connectivity index (χ0n) is 13.7. The van der Waals surface area contributed by atoms with E-state index >= 15 is 0 Å². The number of aryl methyl sites for hydroxylation is 1. The largest absolute Gasteiger partial charge is 0.369 e. The minimum Gasteiger partial charge on any atom is -0.369 e. The highest BCUT2D eigenvalue weighted by Crippen LogP contribution is 2.16. The average Bonchev–Trinajstić information content (AvgIpc) is 2.56. The second kappa shape index (κ2) is 8.23. The Labute approximate surface area is 144 Å². The van der Waals surface area contributed by atoms with Crippen LogP contribution in [0.3, 0.4) is 0 Å². The fraction of sp³-hybridized carbons (Fsp3) is 0.222. The molecule has 4 N–H and O–H groups in total. The van der Waals surface area contributed by atoms with E-state index < -0.39 is 23.7 Å². The van der Waals surface area contributed by atoms with Crippen molar-refractivity contribution < 1.29 is 18.4 Å². The minimum absolute atomic E-state index is 0.00685. The molecule has 0 bridgehead atoms. The monoisotopic (exact) mass is 347 g/mol. The molecule has 0 fully saturated rings. The van der Waals surface area contributed by atoms with Crippen molar-refractivity contribution in [2.24, 2.45) is 11.7 Å². The lowest BCUT2D eigenvalue weighted by atomic mass is 9.98. The van der Waals surface area contributed by atoms with Crippen LogP contribution in [0.2, 0.25) is 0 Å². The molecule has 0 spiro atoms. The van der Waals surface area contributed by atoms with Crippen molar-refractivity contribution >= 4 is 17.6 Å². The number of benzene rings is 2. The first-order chi connectivity index (χ1) is 11.8. The van der Waals surface area contributed by atoms with Crippen LogP contribution in [0.5, 0.6) is 0 Å². The minimum atomic E-state index is -0.648. The Morgan fingerprint density at radius 2 is 1.72 bits per heavy atom. The van der Waals surface area contributed by atoms with Gasteiger partial charge in [0, 0.05) is 12.2 Å². The van der Waals surface area contributed by atoms with E-state index in [1.54, 1.807) is 25.1 Å². The van der Waals surface area contributed by atoms with Crippen LogP contribution in [0.15, 0.2) is 42.5 Å². The number of anilines is 1. The van der Waals surface area contributed by atoms with E-state index in [2.05, 4.69) is 10.6 Å². The molecule has 7 heteroatoms. The molecule has 0 saturated heterocycles. The van der Waals surface area contributed by atoms with Crippen LogP contribution in [-0.4, -0.2) is 18.5 Å². The molecule has 1 unspecified atom stereocenters. The van der Waals surface area contributed by atoms with Crippen LogP contribution in [0, 0.1) is 24.5 Å². The zero-order valence-corrected chi connectivity index (χ0v) is 13.7. The van der Waals surface area contributed by atoms with Crippen LogP contribution >= 0.6 is 0 Å². The Balaban J connectivity index is 1.93. The predicted molar refractivity (Wildman–Crippen MR) is 90.9 cm³/mol. The molecule has 132 valence electrons. The first kappa shape index (κ1) is 18.4. The normalized spacial score (nSPS) is 11.6. The molecule has 0 radical (unpaired) electrons. The maximum atomic E-state index is 13.2. The molecule has 0 saturated carbocycles. The first-order valence-corrected chi connectivity index (χ1v) is 7.70. The molecule has 25 heavy (non-hydrogen) atoms. The molecule has 0 heterocycles. The summed E-state index contributed by atoms with van der Waals surface area (Å²) < 4.78 is 26.1. The highest BCUT2D eigenvalue weighted by atomic mass is 19.1. The third kappa shape index (κ3) is 5.56. The molecular formula is C18H19F2N3O2. The van der Waals surface area contributed by atoms with Crippen molar-refractivity contribution in [3.8, 4) is 0 Å². The number of carbonyl (C=O) groups excluding carboxylic acids is 2. The van der Waals surface area contributed by atoms with E-state index in [0.717, 1.165) is 5.56 Å². The second-order valence-electron chi connectivity index (χ2n) is 5.72. The van der Waals surface area contributed by atoms with Crippen LogP contribution in [-0.2, 0) is 11.2 Å². The Hall–Kier alpha value is -2.96. The maximum Gasteiger partial charge on any atom is 0.319 e. The molecule has 3 amide bonds. The smallest absolute Gasteiger partial charge is 0.319 e. The van der Waals surface area contributed by atoms with Gasteiger partial charge in [-0.15, -0.1) is 0 Å². The van der Waals surface area contributed by atoms with Crippen LogP contribution in [0.1, 0.15) is 11.1 Å². The molecule has 2 aromatic rings. The van der Waals surface area contributed by atoms with E-state index in [-0.39, 0.29) is 18.8 Å². The van der Waals surface area contributed by atoms with Gasteiger partial charge in [-0.1, -0.05) is 18.2 Å². The number of halogens is 2. The number of primary amides is 1. The number of carbonyl (C=O) groups is 2. The summed E-state index contributed by atoms with van der Waals surface area (Å²) in [7, 11) is 0. The van der Waals surface area contributed by atoms with Gasteiger partial charge in [-0.05, 0) is 48.7 Å². The van der Waals surface area contributed by atoms with Gasteiger partial charge < -0.3 is 16.4 Å². The van der Waals surface area contributed by atoms with Crippen molar-refractivity contribution in [2.75, 3.05) is 11.9 Å². The Kier molecular flexibility index (Phi) is 6.05. The van der Waals surface area contributed by atoms with Gasteiger partial charge >= 0.3 is 6.03 Å². The Bertz CT molecular complexity index is 763. The summed E-state index contributed by atoms with van der Waals surface area (Å²) in [4.78, 5) is 23.5. The van der Waals surface area contributed by atoms with Gasteiger partial charge in [-0.25, -0.2) is 13.6 Å². The van der Waals surface area contributed by atoms with Gasteiger partial charge in [0.1, 0.15) is 11.6 Å². The number of urea groups is 1. The fourth-order valence-electron chi connectivity index (χ4n) is 2.29. The van der Waals surface area contributed by atoms with Crippen LogP contribution in [0.4, 0.5) is 19.3 Å². The first-order valence-electron chi connectivity index (χ1n) is 7.70. The molecule has 0 aliphatic heterocycles. The van der Waals surface area contributed by atoms with Crippen molar-refractivity contribution in [2.45, 2.75) is 13.3 Å². The van der Waals surface area contributed by atoms with E-state index in [1.165, 1.54) is 24.3 Å². The van der Waals surface area contributed by atoms with Gasteiger partial charge in [-0.3, -0.25) is 4.79 Å². The third-order valence-corrected chi connectivity index (χ3v) is 3.75. The topological polar surface area (TPSA) is 84.2 Å². The van der Waals surface area contributed by atoms with E-state index in [9.17, 15) is 18.4 Å². The molecule has 2 rings (SSSR count). The van der Waals surface area contributed by atoms with Gasteiger partial charge in [0.2, 0.25) is 5.91 Å². The lowest BCUT2D eigenvalue weighted by Crippen LogP contribution is -2.39.